The molecule has 0 aromatic heterocycles. The quantitative estimate of drug-likeness (QED) is 0.287. The van der Waals surface area contributed by atoms with E-state index in [0.29, 0.717) is 23.6 Å². The van der Waals surface area contributed by atoms with Crippen LogP contribution < -0.4 is 19.7 Å². The van der Waals surface area contributed by atoms with E-state index in [1.807, 2.05) is 37.3 Å². The second kappa shape index (κ2) is 11.7. The number of rotatable bonds is 10. The summed E-state index contributed by atoms with van der Waals surface area (Å²) in [5, 5.41) is 3.09. The highest BCUT2D eigenvalue weighted by molar-refractivity contribution is 8.04. The number of hydrogen-bond donors (Lipinski definition) is 1. The average molecular weight is 519 g/mol. The number of carbonyl (C=O) groups is 3. The molecule has 1 heterocycles. The van der Waals surface area contributed by atoms with Crippen LogP contribution in [0.2, 0.25) is 0 Å². The van der Waals surface area contributed by atoms with Gasteiger partial charge in [0.2, 0.25) is 0 Å². The molecule has 0 unspecified atom stereocenters. The maximum Gasteiger partial charge on any atom is 0.340 e. The van der Waals surface area contributed by atoms with Crippen LogP contribution >= 0.6 is 11.8 Å². The Bertz CT molecular complexity index is 1360. The molecule has 1 aliphatic heterocycles. The highest BCUT2D eigenvalue weighted by Crippen LogP contribution is 2.40. The van der Waals surface area contributed by atoms with Gasteiger partial charge in [-0.1, -0.05) is 49.0 Å². The van der Waals surface area contributed by atoms with Crippen LogP contribution in [-0.2, 0) is 14.3 Å². The summed E-state index contributed by atoms with van der Waals surface area (Å²) >= 11 is 1.16. The summed E-state index contributed by atoms with van der Waals surface area (Å²) < 4.78 is 16.1. The van der Waals surface area contributed by atoms with Gasteiger partial charge in [0.15, 0.2) is 0 Å². The predicted molar refractivity (Wildman–Crippen MR) is 142 cm³/mol. The maximum absolute atomic E-state index is 13.8. The van der Waals surface area contributed by atoms with Gasteiger partial charge in [0.25, 0.3) is 11.8 Å². The Kier molecular flexibility index (Phi) is 8.15. The van der Waals surface area contributed by atoms with E-state index in [1.54, 1.807) is 36.4 Å². The Hall–Kier alpha value is -4.24. The molecule has 0 bridgehead atoms. The minimum absolute atomic E-state index is 0.0575. The first kappa shape index (κ1) is 25.8. The van der Waals surface area contributed by atoms with Crippen molar-refractivity contribution in [1.29, 1.82) is 0 Å². The van der Waals surface area contributed by atoms with Crippen molar-refractivity contribution in [3.63, 3.8) is 0 Å². The average Bonchev–Trinajstić information content (AvgIpc) is 3.15. The third-order valence-electron chi connectivity index (χ3n) is 5.47. The van der Waals surface area contributed by atoms with E-state index >= 15 is 0 Å². The first-order chi connectivity index (χ1) is 18.0. The van der Waals surface area contributed by atoms with Crippen molar-refractivity contribution < 1.29 is 28.6 Å². The van der Waals surface area contributed by atoms with Crippen LogP contribution in [0.1, 0.15) is 23.7 Å². The number of amides is 2. The van der Waals surface area contributed by atoms with Crippen molar-refractivity contribution in [2.24, 2.45) is 0 Å². The largest absolute Gasteiger partial charge is 0.497 e. The Balaban J connectivity index is 1.79. The number of carbonyl (C=O) groups excluding carboxylic acids is 3. The number of ether oxygens (including phenoxy) is 3. The summed E-state index contributed by atoms with van der Waals surface area (Å²) in [7, 11) is 3.04. The zero-order valence-electron chi connectivity index (χ0n) is 20.6. The second-order valence-corrected chi connectivity index (χ2v) is 8.99. The highest BCUT2D eigenvalue weighted by Gasteiger charge is 2.42. The lowest BCUT2D eigenvalue weighted by Gasteiger charge is -2.19. The number of nitrogens with zero attached hydrogens (tertiary/aromatic N) is 1. The summed E-state index contributed by atoms with van der Waals surface area (Å²) in [4.78, 5) is 42.3. The third kappa shape index (κ3) is 5.46. The van der Waals surface area contributed by atoms with Crippen molar-refractivity contribution in [3.8, 4) is 11.5 Å². The Morgan fingerprint density at radius 1 is 0.919 bits per heavy atom. The molecule has 0 atom stereocenters. The SMILES string of the molecule is CCCOC(=O)c1ccccc1N1C(=O)C(Nc2cc(OC)ccc2OC)=C(Sc2ccccc2)C1=O. The maximum atomic E-state index is 13.8. The molecule has 3 aromatic rings. The molecule has 190 valence electrons. The summed E-state index contributed by atoms with van der Waals surface area (Å²) in [5.74, 6) is -0.771. The van der Waals surface area contributed by atoms with Crippen molar-refractivity contribution in [2.75, 3.05) is 31.0 Å². The van der Waals surface area contributed by atoms with Gasteiger partial charge in [-0.2, -0.15) is 0 Å². The zero-order valence-corrected chi connectivity index (χ0v) is 21.5. The van der Waals surface area contributed by atoms with E-state index < -0.39 is 17.8 Å². The minimum Gasteiger partial charge on any atom is -0.497 e. The third-order valence-corrected chi connectivity index (χ3v) is 6.56. The molecule has 1 N–H and O–H groups in total. The van der Waals surface area contributed by atoms with Crippen molar-refractivity contribution in [1.82, 2.24) is 0 Å². The number of imide groups is 1. The van der Waals surface area contributed by atoms with E-state index in [2.05, 4.69) is 5.32 Å². The van der Waals surface area contributed by atoms with E-state index in [0.717, 1.165) is 21.6 Å². The van der Waals surface area contributed by atoms with Crippen molar-refractivity contribution in [3.05, 3.63) is 89.0 Å². The van der Waals surface area contributed by atoms with Crippen LogP contribution in [0.15, 0.2) is 88.3 Å². The predicted octanol–water partition coefficient (Wildman–Crippen LogP) is 5.26. The first-order valence-electron chi connectivity index (χ1n) is 11.6. The Labute approximate surface area is 219 Å². The molecule has 9 heteroatoms. The first-order valence-corrected chi connectivity index (χ1v) is 12.4. The lowest BCUT2D eigenvalue weighted by Crippen LogP contribution is -2.33. The highest BCUT2D eigenvalue weighted by atomic mass is 32.2. The van der Waals surface area contributed by atoms with E-state index in [1.165, 1.54) is 20.3 Å². The van der Waals surface area contributed by atoms with Gasteiger partial charge in [0.05, 0.1) is 37.8 Å². The Morgan fingerprint density at radius 2 is 1.65 bits per heavy atom. The fraction of sp³-hybridized carbons (Fsp3) is 0.179. The molecular formula is C28H26N2O6S. The number of benzene rings is 3. The lowest BCUT2D eigenvalue weighted by molar-refractivity contribution is -0.120. The van der Waals surface area contributed by atoms with Crippen molar-refractivity contribution in [2.45, 2.75) is 18.2 Å². The molecule has 4 rings (SSSR count). The fourth-order valence-corrected chi connectivity index (χ4v) is 4.65. The second-order valence-electron chi connectivity index (χ2n) is 7.91. The number of esters is 1. The monoisotopic (exact) mass is 518 g/mol. The smallest absolute Gasteiger partial charge is 0.340 e. The molecule has 0 saturated heterocycles. The summed E-state index contributed by atoms with van der Waals surface area (Å²) in [6, 6.07) is 20.8. The van der Waals surface area contributed by atoms with Crippen LogP contribution in [0.3, 0.4) is 0 Å². The van der Waals surface area contributed by atoms with Gasteiger partial charge in [-0.15, -0.1) is 0 Å². The van der Waals surface area contributed by atoms with Crippen LogP contribution in [0.25, 0.3) is 0 Å². The van der Waals surface area contributed by atoms with Crippen molar-refractivity contribution >= 4 is 40.9 Å². The molecule has 37 heavy (non-hydrogen) atoms. The molecule has 0 saturated carbocycles. The van der Waals surface area contributed by atoms with Crippen LogP contribution in [0.5, 0.6) is 11.5 Å². The number of para-hydroxylation sites is 1. The van der Waals surface area contributed by atoms with E-state index in [4.69, 9.17) is 14.2 Å². The lowest BCUT2D eigenvalue weighted by atomic mass is 10.1. The number of anilines is 2. The molecular weight excluding hydrogens is 492 g/mol. The fourth-order valence-electron chi connectivity index (χ4n) is 3.70. The molecule has 8 nitrogen and oxygen atoms in total. The van der Waals surface area contributed by atoms with Crippen LogP contribution in [-0.4, -0.2) is 38.6 Å². The van der Waals surface area contributed by atoms with E-state index in [9.17, 15) is 14.4 Å². The van der Waals surface area contributed by atoms with Gasteiger partial charge in [-0.3, -0.25) is 9.59 Å². The molecule has 2 amide bonds. The summed E-state index contributed by atoms with van der Waals surface area (Å²) in [6.07, 6.45) is 0.644. The van der Waals surface area contributed by atoms with Gasteiger partial charge in [0, 0.05) is 11.0 Å². The number of hydrogen-bond acceptors (Lipinski definition) is 8. The molecule has 0 spiro atoms. The standard InChI is InChI=1S/C28H26N2O6S/c1-4-16-36-28(33)20-12-8-9-13-22(20)30-26(31)24(25(27(30)32)37-19-10-6-5-7-11-19)29-21-17-18(34-2)14-15-23(21)35-3/h5-15,17,29H,4,16H2,1-3H3. The molecule has 1 aliphatic rings. The molecule has 3 aromatic carbocycles. The molecule has 0 radical (unpaired) electrons. The van der Waals surface area contributed by atoms with Gasteiger partial charge >= 0.3 is 5.97 Å². The number of nitrogens with one attached hydrogen (secondary N) is 1. The van der Waals surface area contributed by atoms with Gasteiger partial charge in [-0.05, 0) is 42.8 Å². The topological polar surface area (TPSA) is 94.2 Å². The van der Waals surface area contributed by atoms with Crippen LogP contribution in [0.4, 0.5) is 11.4 Å². The van der Waals surface area contributed by atoms with Gasteiger partial charge < -0.3 is 19.5 Å². The van der Waals surface area contributed by atoms with Gasteiger partial charge in [0.1, 0.15) is 22.1 Å². The Morgan fingerprint density at radius 3 is 2.35 bits per heavy atom. The van der Waals surface area contributed by atoms with Crippen LogP contribution in [0, 0.1) is 0 Å². The normalized spacial score (nSPS) is 13.1. The number of methoxy groups -OCH3 is 2. The minimum atomic E-state index is -0.607. The summed E-state index contributed by atoms with van der Waals surface area (Å²) in [5.41, 5.74) is 0.782. The zero-order chi connectivity index (χ0) is 26.4. The molecule has 0 aliphatic carbocycles. The summed E-state index contributed by atoms with van der Waals surface area (Å²) in [6.45, 7) is 2.11. The number of thioether (sulfide) groups is 1. The van der Waals surface area contributed by atoms with E-state index in [-0.39, 0.29) is 28.5 Å². The van der Waals surface area contributed by atoms with Gasteiger partial charge in [-0.25, -0.2) is 9.69 Å². The molecule has 0 fully saturated rings.